The number of aliphatic hydroxyl groups excluding tert-OH is 1. The predicted molar refractivity (Wildman–Crippen MR) is 80.7 cm³/mol. The number of halogens is 1. The highest BCUT2D eigenvalue weighted by Crippen LogP contribution is 2.32. The predicted octanol–water partition coefficient (Wildman–Crippen LogP) is 4.16. The van der Waals surface area contributed by atoms with E-state index < -0.39 is 6.10 Å². The van der Waals surface area contributed by atoms with Crippen LogP contribution in [0.25, 0.3) is 0 Å². The molecule has 2 rings (SSSR count). The molecule has 1 N–H and O–H groups in total. The number of hydrogen-bond acceptors (Lipinski definition) is 2. The van der Waals surface area contributed by atoms with Gasteiger partial charge in [0.1, 0.15) is 11.9 Å². The summed E-state index contributed by atoms with van der Waals surface area (Å²) in [4.78, 5) is 0. The van der Waals surface area contributed by atoms with E-state index in [-0.39, 0.29) is 0 Å². The first-order chi connectivity index (χ1) is 9.02. The van der Waals surface area contributed by atoms with Gasteiger partial charge in [-0.2, -0.15) is 0 Å². The van der Waals surface area contributed by atoms with Crippen LogP contribution in [0.2, 0.25) is 0 Å². The van der Waals surface area contributed by atoms with Crippen LogP contribution in [0.5, 0.6) is 5.75 Å². The maximum Gasteiger partial charge on any atom is 0.125 e. The molecule has 0 aliphatic heterocycles. The molecule has 0 aromatic heterocycles. The molecule has 2 aromatic carbocycles. The van der Waals surface area contributed by atoms with Crippen LogP contribution in [-0.2, 0) is 0 Å². The summed E-state index contributed by atoms with van der Waals surface area (Å²) in [5, 5.41) is 10.5. The van der Waals surface area contributed by atoms with Crippen LogP contribution in [0.15, 0.2) is 40.9 Å². The first-order valence-electron chi connectivity index (χ1n) is 6.11. The van der Waals surface area contributed by atoms with Crippen molar-refractivity contribution in [1.29, 1.82) is 0 Å². The van der Waals surface area contributed by atoms with Crippen LogP contribution >= 0.6 is 15.9 Å². The minimum absolute atomic E-state index is 0.679. The van der Waals surface area contributed by atoms with Gasteiger partial charge in [0.2, 0.25) is 0 Å². The van der Waals surface area contributed by atoms with Crippen LogP contribution in [0.3, 0.4) is 0 Å². The van der Waals surface area contributed by atoms with E-state index in [4.69, 9.17) is 4.74 Å². The summed E-state index contributed by atoms with van der Waals surface area (Å²) in [5.74, 6) is 0.707. The molecule has 2 nitrogen and oxygen atoms in total. The Kier molecular flexibility index (Phi) is 4.27. The zero-order valence-corrected chi connectivity index (χ0v) is 12.9. The Labute approximate surface area is 122 Å². The van der Waals surface area contributed by atoms with Gasteiger partial charge < -0.3 is 9.84 Å². The zero-order valence-electron chi connectivity index (χ0n) is 11.3. The van der Waals surface area contributed by atoms with Crippen molar-refractivity contribution in [3.63, 3.8) is 0 Å². The van der Waals surface area contributed by atoms with Crippen LogP contribution in [0.1, 0.15) is 28.4 Å². The molecule has 0 saturated carbocycles. The summed E-state index contributed by atoms with van der Waals surface area (Å²) in [5.41, 5.74) is 3.86. The fourth-order valence-electron chi connectivity index (χ4n) is 2.08. The first kappa shape index (κ1) is 14.1. The van der Waals surface area contributed by atoms with Crippen LogP contribution in [-0.4, -0.2) is 12.2 Å². The number of rotatable bonds is 3. The van der Waals surface area contributed by atoms with E-state index in [1.54, 1.807) is 7.11 Å². The second kappa shape index (κ2) is 5.76. The average molecular weight is 321 g/mol. The molecule has 0 aliphatic carbocycles. The molecule has 0 spiro atoms. The fourth-order valence-corrected chi connectivity index (χ4v) is 2.33. The first-order valence-corrected chi connectivity index (χ1v) is 6.91. The van der Waals surface area contributed by atoms with E-state index in [2.05, 4.69) is 15.9 Å². The molecule has 3 heteroatoms. The van der Waals surface area contributed by atoms with Gasteiger partial charge in [0, 0.05) is 10.0 Å². The van der Waals surface area contributed by atoms with E-state index in [0.29, 0.717) is 5.75 Å². The smallest absolute Gasteiger partial charge is 0.125 e. The Morgan fingerprint density at radius 1 is 1.11 bits per heavy atom. The molecule has 2 aromatic rings. The van der Waals surface area contributed by atoms with E-state index in [1.807, 2.05) is 50.2 Å². The number of methoxy groups -OCH3 is 1. The van der Waals surface area contributed by atoms with Crippen molar-refractivity contribution in [1.82, 2.24) is 0 Å². The Morgan fingerprint density at radius 2 is 1.84 bits per heavy atom. The summed E-state index contributed by atoms with van der Waals surface area (Å²) >= 11 is 3.47. The van der Waals surface area contributed by atoms with Crippen molar-refractivity contribution >= 4 is 15.9 Å². The summed E-state index contributed by atoms with van der Waals surface area (Å²) < 4.78 is 6.37. The molecule has 0 amide bonds. The molecule has 0 radical (unpaired) electrons. The average Bonchev–Trinajstić information content (AvgIpc) is 2.41. The molecule has 0 bridgehead atoms. The molecule has 0 saturated heterocycles. The molecule has 1 unspecified atom stereocenters. The lowest BCUT2D eigenvalue weighted by Crippen LogP contribution is -2.03. The lowest BCUT2D eigenvalue weighted by molar-refractivity contribution is 0.214. The summed E-state index contributed by atoms with van der Waals surface area (Å²) in [6.45, 7) is 4.01. The third-order valence-electron chi connectivity index (χ3n) is 3.18. The molecule has 0 fully saturated rings. The fraction of sp³-hybridized carbons (Fsp3) is 0.250. The van der Waals surface area contributed by atoms with Gasteiger partial charge in [0.15, 0.2) is 0 Å². The molecular weight excluding hydrogens is 304 g/mol. The van der Waals surface area contributed by atoms with Gasteiger partial charge >= 0.3 is 0 Å². The van der Waals surface area contributed by atoms with Crippen molar-refractivity contribution in [2.24, 2.45) is 0 Å². The van der Waals surface area contributed by atoms with Crippen molar-refractivity contribution in [2.45, 2.75) is 20.0 Å². The van der Waals surface area contributed by atoms with Crippen LogP contribution in [0.4, 0.5) is 0 Å². The van der Waals surface area contributed by atoms with Crippen molar-refractivity contribution < 1.29 is 9.84 Å². The van der Waals surface area contributed by atoms with Gasteiger partial charge in [-0.1, -0.05) is 39.7 Å². The number of ether oxygens (including phenoxy) is 1. The van der Waals surface area contributed by atoms with Crippen LogP contribution in [0, 0.1) is 13.8 Å². The Balaban J connectivity index is 2.45. The molecular formula is C16H17BrO2. The lowest BCUT2D eigenvalue weighted by atomic mass is 9.98. The van der Waals surface area contributed by atoms with Crippen molar-refractivity contribution in [3.8, 4) is 5.75 Å². The van der Waals surface area contributed by atoms with Gasteiger partial charge in [-0.25, -0.2) is 0 Å². The third kappa shape index (κ3) is 2.99. The summed E-state index contributed by atoms with van der Waals surface area (Å²) in [6.07, 6.45) is -0.679. The number of hydrogen-bond donors (Lipinski definition) is 1. The highest BCUT2D eigenvalue weighted by Gasteiger charge is 2.16. The second-order valence-electron chi connectivity index (χ2n) is 4.66. The lowest BCUT2D eigenvalue weighted by Gasteiger charge is -2.16. The maximum absolute atomic E-state index is 10.5. The highest BCUT2D eigenvalue weighted by atomic mass is 79.9. The Morgan fingerprint density at radius 3 is 2.47 bits per heavy atom. The minimum Gasteiger partial charge on any atom is -0.496 e. The standard InChI is InChI=1S/C16H17BrO2/c1-10-4-7-15(19-3)13(8-10)16(18)12-5-6-14(17)11(2)9-12/h4-9,16,18H,1-3H3. The van der Waals surface area contributed by atoms with Crippen LogP contribution < -0.4 is 4.74 Å². The molecule has 0 heterocycles. The van der Waals surface area contributed by atoms with Gasteiger partial charge in [-0.3, -0.25) is 0 Å². The van der Waals surface area contributed by atoms with E-state index in [1.165, 1.54) is 0 Å². The number of benzene rings is 2. The van der Waals surface area contributed by atoms with Gasteiger partial charge in [-0.15, -0.1) is 0 Å². The topological polar surface area (TPSA) is 29.5 Å². The van der Waals surface area contributed by atoms with E-state index >= 15 is 0 Å². The number of aliphatic hydroxyl groups is 1. The quantitative estimate of drug-likeness (QED) is 0.920. The zero-order chi connectivity index (χ0) is 14.0. The normalized spacial score (nSPS) is 12.3. The van der Waals surface area contributed by atoms with E-state index in [9.17, 15) is 5.11 Å². The second-order valence-corrected chi connectivity index (χ2v) is 5.51. The summed E-state index contributed by atoms with van der Waals surface area (Å²) in [6, 6.07) is 11.7. The van der Waals surface area contributed by atoms with Gasteiger partial charge in [0.05, 0.1) is 7.11 Å². The molecule has 0 aliphatic rings. The number of aryl methyl sites for hydroxylation is 2. The monoisotopic (exact) mass is 320 g/mol. The van der Waals surface area contributed by atoms with E-state index in [0.717, 1.165) is 26.7 Å². The minimum atomic E-state index is -0.679. The molecule has 19 heavy (non-hydrogen) atoms. The summed E-state index contributed by atoms with van der Waals surface area (Å²) in [7, 11) is 1.62. The SMILES string of the molecule is COc1ccc(C)cc1C(O)c1ccc(Br)c(C)c1. The van der Waals surface area contributed by atoms with Crippen molar-refractivity contribution in [2.75, 3.05) is 7.11 Å². The maximum atomic E-state index is 10.5. The van der Waals surface area contributed by atoms with Gasteiger partial charge in [-0.05, 0) is 43.2 Å². The highest BCUT2D eigenvalue weighted by molar-refractivity contribution is 9.10. The third-order valence-corrected chi connectivity index (χ3v) is 4.07. The molecule has 1 atom stereocenters. The Hall–Kier alpha value is -1.32. The Bertz CT molecular complexity index is 593. The van der Waals surface area contributed by atoms with Crippen molar-refractivity contribution in [3.05, 3.63) is 63.1 Å². The largest absolute Gasteiger partial charge is 0.496 e. The molecule has 100 valence electrons. The van der Waals surface area contributed by atoms with Gasteiger partial charge in [0.25, 0.3) is 0 Å².